The summed E-state index contributed by atoms with van der Waals surface area (Å²) in [7, 11) is 0. The number of aromatic nitrogens is 3. The molecule has 0 atom stereocenters. The Hall–Kier alpha value is -3.33. The monoisotopic (exact) mass is 504 g/mol. The Morgan fingerprint density at radius 1 is 1.14 bits per heavy atom. The SMILES string of the molecule is C[C](C)CN1CCC(CNC(=O)c2c[nH]c3c(-c4c(OCC5CC5)ccc5c4OCO5)ncnc23)CC1. The second-order valence-electron chi connectivity index (χ2n) is 10.7. The van der Waals surface area contributed by atoms with Crippen molar-refractivity contribution in [3.8, 4) is 28.5 Å². The number of carbonyl (C=O) groups excluding carboxylic acids is 1. The first-order valence-corrected chi connectivity index (χ1v) is 13.2. The van der Waals surface area contributed by atoms with Crippen molar-refractivity contribution in [1.29, 1.82) is 0 Å². The van der Waals surface area contributed by atoms with E-state index in [1.807, 2.05) is 12.1 Å². The van der Waals surface area contributed by atoms with E-state index in [1.165, 1.54) is 25.1 Å². The Balaban J connectivity index is 1.21. The van der Waals surface area contributed by atoms with Crippen molar-refractivity contribution in [3.05, 3.63) is 36.1 Å². The third-order valence-corrected chi connectivity index (χ3v) is 7.42. The lowest BCUT2D eigenvalue weighted by atomic mass is 9.96. The Bertz CT molecular complexity index is 1280. The molecule has 3 aliphatic rings. The molecule has 1 aliphatic carbocycles. The molecule has 195 valence electrons. The van der Waals surface area contributed by atoms with Crippen molar-refractivity contribution in [2.75, 3.05) is 39.6 Å². The van der Waals surface area contributed by atoms with Gasteiger partial charge in [-0.1, -0.05) is 13.8 Å². The standard InChI is InChI=1S/C28H34N5O4/c1-17(2)13-33-9-7-18(8-10-33)11-30-28(34)20-12-29-26-24(20)31-15-32-25(26)23-21(35-14-19-3-4-19)5-6-22-27(23)37-16-36-22/h5-6,12,15,18-19,29H,3-4,7-11,13-14,16H2,1-2H3,(H,30,34). The number of hydrogen-bond acceptors (Lipinski definition) is 7. The minimum Gasteiger partial charge on any atom is -0.492 e. The van der Waals surface area contributed by atoms with Gasteiger partial charge in [0.1, 0.15) is 23.3 Å². The predicted octanol–water partition coefficient (Wildman–Crippen LogP) is 4.20. The van der Waals surface area contributed by atoms with E-state index in [0.29, 0.717) is 64.5 Å². The lowest BCUT2D eigenvalue weighted by molar-refractivity contribution is 0.0938. The number of nitrogens with zero attached hydrogens (tertiary/aromatic N) is 3. The third kappa shape index (κ3) is 5.09. The highest BCUT2D eigenvalue weighted by atomic mass is 16.7. The molecule has 37 heavy (non-hydrogen) atoms. The first-order chi connectivity index (χ1) is 18.1. The molecule has 1 saturated carbocycles. The summed E-state index contributed by atoms with van der Waals surface area (Å²) in [5.74, 6) is 4.36. The van der Waals surface area contributed by atoms with Gasteiger partial charge in [-0.05, 0) is 68.7 Å². The molecule has 0 spiro atoms. The first-order valence-electron chi connectivity index (χ1n) is 13.2. The van der Waals surface area contributed by atoms with Gasteiger partial charge in [-0.2, -0.15) is 0 Å². The summed E-state index contributed by atoms with van der Waals surface area (Å²) in [5.41, 5.74) is 3.12. The molecule has 1 saturated heterocycles. The van der Waals surface area contributed by atoms with Crippen molar-refractivity contribution in [3.63, 3.8) is 0 Å². The van der Waals surface area contributed by atoms with Crippen molar-refractivity contribution < 1.29 is 19.0 Å². The normalized spacial score (nSPS) is 18.0. The van der Waals surface area contributed by atoms with Crippen LogP contribution in [0.1, 0.15) is 49.9 Å². The van der Waals surface area contributed by atoms with Crippen LogP contribution in [0.25, 0.3) is 22.3 Å². The highest BCUT2D eigenvalue weighted by Crippen LogP contribution is 2.48. The van der Waals surface area contributed by atoms with E-state index in [2.05, 4.69) is 39.0 Å². The third-order valence-electron chi connectivity index (χ3n) is 7.42. The topological polar surface area (TPSA) is 102 Å². The number of H-pyrrole nitrogens is 1. The average Bonchev–Trinajstić information content (AvgIpc) is 3.42. The van der Waals surface area contributed by atoms with Gasteiger partial charge < -0.3 is 29.4 Å². The summed E-state index contributed by atoms with van der Waals surface area (Å²) >= 11 is 0. The molecule has 3 aromatic rings. The molecule has 1 aromatic carbocycles. The zero-order valence-electron chi connectivity index (χ0n) is 21.5. The van der Waals surface area contributed by atoms with Crippen LogP contribution in [-0.4, -0.2) is 65.3 Å². The molecule has 4 heterocycles. The number of carbonyl (C=O) groups is 1. The lowest BCUT2D eigenvalue weighted by Gasteiger charge is -2.32. The minimum absolute atomic E-state index is 0.126. The molecule has 2 fully saturated rings. The highest BCUT2D eigenvalue weighted by Gasteiger charge is 2.29. The molecule has 2 aliphatic heterocycles. The van der Waals surface area contributed by atoms with E-state index in [0.717, 1.165) is 38.0 Å². The van der Waals surface area contributed by atoms with E-state index < -0.39 is 0 Å². The minimum atomic E-state index is -0.126. The van der Waals surface area contributed by atoms with Gasteiger partial charge in [0.05, 0.1) is 23.3 Å². The van der Waals surface area contributed by atoms with Crippen LogP contribution >= 0.6 is 0 Å². The van der Waals surface area contributed by atoms with E-state index >= 15 is 0 Å². The summed E-state index contributed by atoms with van der Waals surface area (Å²) in [6, 6.07) is 3.77. The fraction of sp³-hybridized carbons (Fsp3) is 0.500. The van der Waals surface area contributed by atoms with Crippen LogP contribution in [0.5, 0.6) is 17.2 Å². The molecule has 0 bridgehead atoms. The summed E-state index contributed by atoms with van der Waals surface area (Å²) in [6.45, 7) is 9.05. The Morgan fingerprint density at radius 2 is 1.97 bits per heavy atom. The molecular formula is C28H34N5O4. The van der Waals surface area contributed by atoms with Crippen molar-refractivity contribution in [2.45, 2.75) is 39.5 Å². The van der Waals surface area contributed by atoms with Crippen LogP contribution in [0.2, 0.25) is 0 Å². The number of nitrogens with one attached hydrogen (secondary N) is 2. The van der Waals surface area contributed by atoms with Gasteiger partial charge in [0, 0.05) is 19.3 Å². The predicted molar refractivity (Wildman–Crippen MR) is 140 cm³/mol. The fourth-order valence-electron chi connectivity index (χ4n) is 5.22. The second kappa shape index (κ2) is 10.2. The number of rotatable bonds is 9. The Morgan fingerprint density at radius 3 is 2.76 bits per heavy atom. The summed E-state index contributed by atoms with van der Waals surface area (Å²) in [5, 5.41) is 3.14. The number of fused-ring (bicyclic) bond motifs is 2. The fourth-order valence-corrected chi connectivity index (χ4v) is 5.22. The summed E-state index contributed by atoms with van der Waals surface area (Å²) in [4.78, 5) is 28.0. The van der Waals surface area contributed by atoms with Gasteiger partial charge in [-0.15, -0.1) is 0 Å². The van der Waals surface area contributed by atoms with Crippen LogP contribution in [0.15, 0.2) is 24.7 Å². The molecular weight excluding hydrogens is 470 g/mol. The number of hydrogen-bond donors (Lipinski definition) is 2. The van der Waals surface area contributed by atoms with Gasteiger partial charge in [0.2, 0.25) is 6.79 Å². The zero-order valence-corrected chi connectivity index (χ0v) is 21.5. The molecule has 2 N–H and O–H groups in total. The quantitative estimate of drug-likeness (QED) is 0.450. The van der Waals surface area contributed by atoms with Crippen LogP contribution < -0.4 is 19.5 Å². The molecule has 1 amide bonds. The van der Waals surface area contributed by atoms with Gasteiger partial charge in [0.15, 0.2) is 11.5 Å². The summed E-state index contributed by atoms with van der Waals surface area (Å²) < 4.78 is 17.6. The average molecular weight is 505 g/mol. The number of aromatic amines is 1. The van der Waals surface area contributed by atoms with Crippen molar-refractivity contribution in [2.24, 2.45) is 11.8 Å². The van der Waals surface area contributed by atoms with Crippen LogP contribution in [0, 0.1) is 17.8 Å². The van der Waals surface area contributed by atoms with Crippen LogP contribution in [0.4, 0.5) is 0 Å². The first kappa shape index (κ1) is 24.0. The smallest absolute Gasteiger partial charge is 0.255 e. The number of piperidine rings is 1. The summed E-state index contributed by atoms with van der Waals surface area (Å²) in [6.07, 6.45) is 7.79. The van der Waals surface area contributed by atoms with Crippen molar-refractivity contribution >= 4 is 16.9 Å². The maximum atomic E-state index is 13.2. The van der Waals surface area contributed by atoms with Gasteiger partial charge >= 0.3 is 0 Å². The Kier molecular flexibility index (Phi) is 6.63. The second-order valence-corrected chi connectivity index (χ2v) is 10.7. The van der Waals surface area contributed by atoms with Gasteiger partial charge in [-0.3, -0.25) is 4.79 Å². The maximum absolute atomic E-state index is 13.2. The van der Waals surface area contributed by atoms with Gasteiger partial charge in [0.25, 0.3) is 5.91 Å². The van der Waals surface area contributed by atoms with Gasteiger partial charge in [-0.25, -0.2) is 9.97 Å². The largest absolute Gasteiger partial charge is 0.492 e. The molecule has 0 unspecified atom stereocenters. The van der Waals surface area contributed by atoms with Crippen molar-refractivity contribution in [1.82, 2.24) is 25.2 Å². The number of ether oxygens (including phenoxy) is 3. The van der Waals surface area contributed by atoms with E-state index in [4.69, 9.17) is 14.2 Å². The van der Waals surface area contributed by atoms with E-state index in [9.17, 15) is 4.79 Å². The van der Waals surface area contributed by atoms with Crippen LogP contribution in [0.3, 0.4) is 0 Å². The lowest BCUT2D eigenvalue weighted by Crippen LogP contribution is -2.39. The number of amides is 1. The highest BCUT2D eigenvalue weighted by molar-refractivity contribution is 6.08. The maximum Gasteiger partial charge on any atom is 0.255 e. The Labute approximate surface area is 216 Å². The molecule has 1 radical (unpaired) electrons. The molecule has 9 heteroatoms. The zero-order chi connectivity index (χ0) is 25.4. The van der Waals surface area contributed by atoms with E-state index in [1.54, 1.807) is 6.20 Å². The molecule has 6 rings (SSSR count). The molecule has 9 nitrogen and oxygen atoms in total. The van der Waals surface area contributed by atoms with E-state index in [-0.39, 0.29) is 12.7 Å². The number of likely N-dealkylation sites (tertiary alicyclic amines) is 1. The number of benzene rings is 1. The van der Waals surface area contributed by atoms with Crippen LogP contribution in [-0.2, 0) is 0 Å². The molecule has 2 aromatic heterocycles.